The lowest BCUT2D eigenvalue weighted by Gasteiger charge is -2.36. The number of guanidine groups is 1. The van der Waals surface area contributed by atoms with E-state index in [1.165, 1.54) is 38.5 Å². The lowest BCUT2D eigenvalue weighted by Crippen LogP contribution is -2.45. The number of hydrogen-bond donors (Lipinski definition) is 2. The van der Waals surface area contributed by atoms with Crippen molar-refractivity contribution in [3.05, 3.63) is 0 Å². The zero-order chi connectivity index (χ0) is 12.1. The molecule has 2 fully saturated rings. The Morgan fingerprint density at radius 3 is 2.39 bits per heavy atom. The summed E-state index contributed by atoms with van der Waals surface area (Å²) < 4.78 is 5.21. The third kappa shape index (κ3) is 4.91. The van der Waals surface area contributed by atoms with Crippen LogP contribution in [-0.2, 0) is 4.74 Å². The first kappa shape index (κ1) is 16.0. The highest BCUT2D eigenvalue weighted by Crippen LogP contribution is 2.26. The molecular weight excluding hydrogens is 341 g/mol. The molecule has 0 radical (unpaired) electrons. The van der Waals surface area contributed by atoms with Crippen molar-refractivity contribution in [3.63, 3.8) is 0 Å². The predicted molar refractivity (Wildman–Crippen MR) is 85.5 cm³/mol. The molecule has 106 valence electrons. The summed E-state index contributed by atoms with van der Waals surface area (Å²) >= 11 is 0. The third-order valence-corrected chi connectivity index (χ3v) is 3.74. The first-order valence-corrected chi connectivity index (χ1v) is 6.82. The zero-order valence-corrected chi connectivity index (χ0v) is 13.6. The van der Waals surface area contributed by atoms with Crippen molar-refractivity contribution in [2.45, 2.75) is 51.5 Å². The summed E-state index contributed by atoms with van der Waals surface area (Å²) in [5, 5.41) is 3.37. The maximum atomic E-state index is 5.94. The van der Waals surface area contributed by atoms with Gasteiger partial charge in [0.15, 0.2) is 5.96 Å². The summed E-state index contributed by atoms with van der Waals surface area (Å²) in [5.41, 5.74) is 6.16. The van der Waals surface area contributed by atoms with Gasteiger partial charge < -0.3 is 15.8 Å². The van der Waals surface area contributed by atoms with E-state index >= 15 is 0 Å². The molecule has 1 saturated carbocycles. The molecule has 18 heavy (non-hydrogen) atoms. The van der Waals surface area contributed by atoms with Crippen LogP contribution < -0.4 is 11.1 Å². The second kappa shape index (κ2) is 7.53. The van der Waals surface area contributed by atoms with E-state index in [1.54, 1.807) is 0 Å². The van der Waals surface area contributed by atoms with Gasteiger partial charge in [0.05, 0.1) is 19.8 Å². The summed E-state index contributed by atoms with van der Waals surface area (Å²) in [6.45, 7) is 4.60. The summed E-state index contributed by atoms with van der Waals surface area (Å²) in [6, 6.07) is 0.534. The Labute approximate surface area is 127 Å². The molecule has 1 heterocycles. The quantitative estimate of drug-likeness (QED) is 0.348. The molecular formula is C13H26IN3O. The van der Waals surface area contributed by atoms with E-state index in [0.29, 0.717) is 12.0 Å². The van der Waals surface area contributed by atoms with Gasteiger partial charge in [0, 0.05) is 11.5 Å². The number of rotatable bonds is 3. The smallest absolute Gasteiger partial charge is 0.188 e. The highest BCUT2D eigenvalue weighted by atomic mass is 127. The maximum absolute atomic E-state index is 5.94. The fourth-order valence-corrected chi connectivity index (χ4v) is 2.50. The molecule has 2 aliphatic rings. The molecule has 3 N–H and O–H groups in total. The van der Waals surface area contributed by atoms with E-state index in [1.807, 2.05) is 0 Å². The summed E-state index contributed by atoms with van der Waals surface area (Å²) in [7, 11) is 0. The Morgan fingerprint density at radius 1 is 1.28 bits per heavy atom. The Bertz CT molecular complexity index is 271. The fourth-order valence-electron chi connectivity index (χ4n) is 2.50. The molecule has 0 spiro atoms. The topological polar surface area (TPSA) is 59.6 Å². The largest absolute Gasteiger partial charge is 0.380 e. The molecule has 5 heteroatoms. The van der Waals surface area contributed by atoms with Gasteiger partial charge in [-0.1, -0.05) is 32.6 Å². The number of hydrogen-bond acceptors (Lipinski definition) is 2. The summed E-state index contributed by atoms with van der Waals surface area (Å²) in [6.07, 6.45) is 7.83. The van der Waals surface area contributed by atoms with Gasteiger partial charge in [-0.3, -0.25) is 4.99 Å². The second-order valence-electron chi connectivity index (χ2n) is 5.84. The standard InChI is InChI=1S/C13H25N3O.HI/c1-13(9-17-10-13)8-15-12(14)16-11-6-4-2-3-5-7-11;/h11H,2-10H2,1H3,(H3,14,15,16);1H. The number of nitrogens with one attached hydrogen (secondary N) is 1. The highest BCUT2D eigenvalue weighted by molar-refractivity contribution is 14.0. The van der Waals surface area contributed by atoms with Crippen LogP contribution in [0, 0.1) is 5.41 Å². The minimum atomic E-state index is 0. The molecule has 0 bridgehead atoms. The lowest BCUT2D eigenvalue weighted by atomic mass is 9.89. The molecule has 0 aromatic rings. The minimum Gasteiger partial charge on any atom is -0.380 e. The van der Waals surface area contributed by atoms with Crippen molar-refractivity contribution in [2.75, 3.05) is 19.8 Å². The van der Waals surface area contributed by atoms with Crippen LogP contribution in [0.3, 0.4) is 0 Å². The average Bonchev–Trinajstić information content (AvgIpc) is 2.52. The zero-order valence-electron chi connectivity index (χ0n) is 11.3. The van der Waals surface area contributed by atoms with Gasteiger partial charge in [-0.05, 0) is 12.8 Å². The lowest BCUT2D eigenvalue weighted by molar-refractivity contribution is -0.0945. The highest BCUT2D eigenvalue weighted by Gasteiger charge is 2.33. The van der Waals surface area contributed by atoms with Gasteiger partial charge in [-0.2, -0.15) is 0 Å². The van der Waals surface area contributed by atoms with Gasteiger partial charge in [0.25, 0.3) is 0 Å². The normalized spacial score (nSPS) is 24.6. The summed E-state index contributed by atoms with van der Waals surface area (Å²) in [5.74, 6) is 0.616. The van der Waals surface area contributed by atoms with Gasteiger partial charge in [0.2, 0.25) is 0 Å². The van der Waals surface area contributed by atoms with Crippen LogP contribution in [0.1, 0.15) is 45.4 Å². The molecule has 2 rings (SSSR count). The van der Waals surface area contributed by atoms with E-state index in [4.69, 9.17) is 10.5 Å². The van der Waals surface area contributed by atoms with E-state index in [2.05, 4.69) is 17.2 Å². The molecule has 0 unspecified atom stereocenters. The van der Waals surface area contributed by atoms with Crippen LogP contribution in [0.2, 0.25) is 0 Å². The van der Waals surface area contributed by atoms with E-state index in [0.717, 1.165) is 19.8 Å². The van der Waals surface area contributed by atoms with Crippen molar-refractivity contribution in [2.24, 2.45) is 16.1 Å². The van der Waals surface area contributed by atoms with Gasteiger partial charge in [-0.15, -0.1) is 24.0 Å². The second-order valence-corrected chi connectivity index (χ2v) is 5.84. The summed E-state index contributed by atoms with van der Waals surface area (Å²) in [4.78, 5) is 4.45. The number of aliphatic imine (C=N–C) groups is 1. The van der Waals surface area contributed by atoms with Crippen molar-refractivity contribution in [3.8, 4) is 0 Å². The number of halogens is 1. The Kier molecular flexibility index (Phi) is 6.70. The van der Waals surface area contributed by atoms with Crippen LogP contribution >= 0.6 is 24.0 Å². The molecule has 0 atom stereocenters. The number of nitrogens with zero attached hydrogens (tertiary/aromatic N) is 1. The van der Waals surface area contributed by atoms with E-state index < -0.39 is 0 Å². The minimum absolute atomic E-state index is 0. The Balaban J connectivity index is 0.00000162. The number of ether oxygens (including phenoxy) is 1. The number of nitrogens with two attached hydrogens (primary N) is 1. The molecule has 1 saturated heterocycles. The molecule has 1 aliphatic heterocycles. The molecule has 0 aromatic carbocycles. The van der Waals surface area contributed by atoms with Gasteiger partial charge in [0.1, 0.15) is 0 Å². The van der Waals surface area contributed by atoms with Crippen LogP contribution in [-0.4, -0.2) is 31.8 Å². The average molecular weight is 367 g/mol. The van der Waals surface area contributed by atoms with E-state index in [-0.39, 0.29) is 29.4 Å². The van der Waals surface area contributed by atoms with Crippen molar-refractivity contribution in [1.82, 2.24) is 5.32 Å². The fraction of sp³-hybridized carbons (Fsp3) is 0.923. The van der Waals surface area contributed by atoms with Crippen LogP contribution in [0.25, 0.3) is 0 Å². The van der Waals surface area contributed by atoms with Crippen molar-refractivity contribution >= 4 is 29.9 Å². The first-order valence-electron chi connectivity index (χ1n) is 6.82. The predicted octanol–water partition coefficient (Wildman–Crippen LogP) is 2.27. The van der Waals surface area contributed by atoms with Crippen LogP contribution in [0.5, 0.6) is 0 Å². The Hall–Kier alpha value is -0.0400. The molecule has 1 aliphatic carbocycles. The van der Waals surface area contributed by atoms with Crippen LogP contribution in [0.15, 0.2) is 4.99 Å². The molecule has 0 aromatic heterocycles. The first-order chi connectivity index (χ1) is 8.18. The van der Waals surface area contributed by atoms with Crippen LogP contribution in [0.4, 0.5) is 0 Å². The monoisotopic (exact) mass is 367 g/mol. The van der Waals surface area contributed by atoms with Gasteiger partial charge in [-0.25, -0.2) is 0 Å². The third-order valence-electron chi connectivity index (χ3n) is 3.74. The van der Waals surface area contributed by atoms with E-state index in [9.17, 15) is 0 Å². The van der Waals surface area contributed by atoms with Gasteiger partial charge >= 0.3 is 0 Å². The maximum Gasteiger partial charge on any atom is 0.188 e. The SMILES string of the molecule is CC1(CN=C(N)NC2CCCCCC2)COC1.I. The Morgan fingerprint density at radius 2 is 1.89 bits per heavy atom. The van der Waals surface area contributed by atoms with Crippen molar-refractivity contribution < 1.29 is 4.74 Å². The van der Waals surface area contributed by atoms with Crippen molar-refractivity contribution in [1.29, 1.82) is 0 Å². The molecule has 4 nitrogen and oxygen atoms in total. The molecule has 0 amide bonds.